The largest absolute Gasteiger partial charge is 0.332 e. The second kappa shape index (κ2) is 6.35. The van der Waals surface area contributed by atoms with Gasteiger partial charge in [-0.15, -0.1) is 10.2 Å². The molecule has 2 N–H and O–H groups in total. The van der Waals surface area contributed by atoms with Crippen LogP contribution in [0.3, 0.4) is 0 Å². The van der Waals surface area contributed by atoms with Crippen molar-refractivity contribution in [1.82, 2.24) is 24.5 Å². The first-order valence-corrected chi connectivity index (χ1v) is 10.1. The van der Waals surface area contributed by atoms with Crippen LogP contribution in [-0.4, -0.2) is 40.4 Å². The van der Waals surface area contributed by atoms with Gasteiger partial charge in [-0.3, -0.25) is 0 Å². The number of nitrogens with zero attached hydrogens (tertiary/aromatic N) is 3. The highest BCUT2D eigenvalue weighted by molar-refractivity contribution is 7.89. The number of sulfonamides is 1. The van der Waals surface area contributed by atoms with Crippen molar-refractivity contribution in [3.63, 3.8) is 0 Å². The van der Waals surface area contributed by atoms with E-state index in [1.54, 1.807) is 0 Å². The molecule has 1 aliphatic carbocycles. The van der Waals surface area contributed by atoms with Crippen molar-refractivity contribution in [3.8, 4) is 5.13 Å². The lowest BCUT2D eigenvalue weighted by molar-refractivity contribution is 0.150. The third kappa shape index (κ3) is 3.10. The van der Waals surface area contributed by atoms with E-state index in [0.29, 0.717) is 11.3 Å². The molecule has 28 heavy (non-hydrogen) atoms. The number of fused-ring (bicyclic) bond motifs is 1. The molecule has 0 radical (unpaired) electrons. The van der Waals surface area contributed by atoms with Gasteiger partial charge in [0.05, 0.1) is 16.6 Å². The van der Waals surface area contributed by atoms with Gasteiger partial charge in [-0.2, -0.15) is 0 Å². The third-order valence-electron chi connectivity index (χ3n) is 4.29. The zero-order chi connectivity index (χ0) is 20.3. The van der Waals surface area contributed by atoms with Crippen LogP contribution in [0.1, 0.15) is 24.3 Å². The minimum Gasteiger partial charge on any atom is -0.305 e. The second-order valence-corrected chi connectivity index (χ2v) is 8.95. The Hall–Kier alpha value is -2.32. The number of H-pyrrole nitrogens is 1. The summed E-state index contributed by atoms with van der Waals surface area (Å²) in [6.45, 7) is -0.938. The summed E-state index contributed by atoms with van der Waals surface area (Å²) in [5.74, 6) is -1.16. The predicted molar refractivity (Wildman–Crippen MR) is 90.5 cm³/mol. The van der Waals surface area contributed by atoms with Gasteiger partial charge >= 0.3 is 5.69 Å². The van der Waals surface area contributed by atoms with Gasteiger partial charge in [-0.1, -0.05) is 11.3 Å². The van der Waals surface area contributed by atoms with Crippen molar-refractivity contribution in [2.75, 3.05) is 6.67 Å². The highest BCUT2D eigenvalue weighted by Crippen LogP contribution is 2.37. The van der Waals surface area contributed by atoms with E-state index in [-0.39, 0.29) is 29.0 Å². The zero-order valence-electron chi connectivity index (χ0n) is 13.7. The van der Waals surface area contributed by atoms with Crippen LogP contribution in [0.2, 0.25) is 0 Å². The fourth-order valence-corrected chi connectivity index (χ4v) is 4.90. The number of halogens is 4. The van der Waals surface area contributed by atoms with E-state index in [1.165, 1.54) is 0 Å². The Bertz CT molecular complexity index is 1230. The topological polar surface area (TPSA) is 110 Å². The van der Waals surface area contributed by atoms with Gasteiger partial charge in [-0.25, -0.2) is 40.1 Å². The number of rotatable bonds is 6. The van der Waals surface area contributed by atoms with E-state index in [0.717, 1.165) is 16.7 Å². The Morgan fingerprint density at radius 2 is 2.04 bits per heavy atom. The molecule has 1 aromatic carbocycles. The molecule has 0 unspecified atom stereocenters. The summed E-state index contributed by atoms with van der Waals surface area (Å²) in [6.07, 6.45) is -2.34. The van der Waals surface area contributed by atoms with Crippen LogP contribution in [-0.2, 0) is 10.0 Å². The first kappa shape index (κ1) is 19.0. The summed E-state index contributed by atoms with van der Waals surface area (Å²) in [5, 5.41) is 5.91. The van der Waals surface area contributed by atoms with Gasteiger partial charge in [0.1, 0.15) is 17.4 Å². The molecule has 0 saturated heterocycles. The summed E-state index contributed by atoms with van der Waals surface area (Å²) in [6, 6.07) is 1.65. The van der Waals surface area contributed by atoms with Crippen LogP contribution < -0.4 is 10.4 Å². The van der Waals surface area contributed by atoms with Crippen molar-refractivity contribution >= 4 is 32.4 Å². The van der Waals surface area contributed by atoms with Gasteiger partial charge in [0.2, 0.25) is 15.2 Å². The highest BCUT2D eigenvalue weighted by Gasteiger charge is 2.46. The van der Waals surface area contributed by atoms with Crippen LogP contribution >= 0.6 is 11.3 Å². The maximum absolute atomic E-state index is 14.4. The van der Waals surface area contributed by atoms with Crippen LogP contribution in [0.4, 0.5) is 17.6 Å². The number of aromatic amines is 1. The zero-order valence-corrected chi connectivity index (χ0v) is 15.4. The van der Waals surface area contributed by atoms with E-state index < -0.39 is 50.1 Å². The molecule has 0 spiro atoms. The Balaban J connectivity index is 1.86. The van der Waals surface area contributed by atoms with E-state index in [9.17, 15) is 30.8 Å². The van der Waals surface area contributed by atoms with Crippen molar-refractivity contribution in [2.24, 2.45) is 0 Å². The maximum Gasteiger partial charge on any atom is 0.332 e. The normalized spacial score (nSPS) is 16.2. The van der Waals surface area contributed by atoms with Crippen molar-refractivity contribution < 1.29 is 26.0 Å². The average Bonchev–Trinajstić information content (AvgIpc) is 3.07. The molecule has 0 atom stereocenters. The molecule has 1 aliphatic rings. The summed E-state index contributed by atoms with van der Waals surface area (Å²) >= 11 is 0.431. The summed E-state index contributed by atoms with van der Waals surface area (Å²) in [5.41, 5.74) is -2.25. The smallest absolute Gasteiger partial charge is 0.305 e. The first-order chi connectivity index (χ1) is 13.2. The molecule has 3 aromatic rings. The first-order valence-electron chi connectivity index (χ1n) is 7.82. The summed E-state index contributed by atoms with van der Waals surface area (Å²) in [4.78, 5) is 13.7. The minimum atomic E-state index is -4.43. The van der Waals surface area contributed by atoms with Crippen LogP contribution in [0, 0.1) is 5.82 Å². The molecule has 2 aromatic heterocycles. The quantitative estimate of drug-likeness (QED) is 0.574. The molecule has 8 nitrogen and oxygen atoms in total. The SMILES string of the molecule is O=c1[nH]c2cc(F)c(S(=O)(=O)NC3(CF)CC3)cc2n1-c1nnc(C(F)F)s1. The molecular weight excluding hydrogens is 426 g/mol. The molecule has 2 heterocycles. The molecule has 0 aliphatic heterocycles. The molecule has 1 fully saturated rings. The van der Waals surface area contributed by atoms with Crippen LogP contribution in [0.5, 0.6) is 0 Å². The van der Waals surface area contributed by atoms with Gasteiger partial charge < -0.3 is 4.98 Å². The number of alkyl halides is 3. The summed E-state index contributed by atoms with van der Waals surface area (Å²) in [7, 11) is -4.43. The molecule has 14 heteroatoms. The molecule has 4 rings (SSSR count). The molecule has 0 bridgehead atoms. The lowest BCUT2D eigenvalue weighted by Crippen LogP contribution is -2.38. The van der Waals surface area contributed by atoms with Gasteiger partial charge in [-0.05, 0) is 18.9 Å². The van der Waals surface area contributed by atoms with E-state index in [1.807, 2.05) is 0 Å². The lowest BCUT2D eigenvalue weighted by atomic mass is 10.3. The summed E-state index contributed by atoms with van der Waals surface area (Å²) < 4.78 is 80.9. The van der Waals surface area contributed by atoms with Crippen LogP contribution in [0.25, 0.3) is 16.2 Å². The fourth-order valence-electron chi connectivity index (χ4n) is 2.66. The van der Waals surface area contributed by atoms with Crippen molar-refractivity contribution in [3.05, 3.63) is 33.4 Å². The Morgan fingerprint density at radius 1 is 1.32 bits per heavy atom. The Kier molecular flexibility index (Phi) is 4.31. The van der Waals surface area contributed by atoms with E-state index in [4.69, 9.17) is 0 Å². The number of hydrogen-bond acceptors (Lipinski definition) is 6. The Morgan fingerprint density at radius 3 is 2.61 bits per heavy atom. The standard InChI is InChI=1S/C14H11F4N5O3S2/c15-5-14(1-2-14)22-28(25,26)9-4-8-7(3-6(9)16)19-12(24)23(8)13-21-20-11(27-13)10(17)18/h3-4,10,22H,1-2,5H2,(H,19,24). The molecule has 1 saturated carbocycles. The second-order valence-electron chi connectivity index (χ2n) is 6.31. The predicted octanol–water partition coefficient (Wildman–Crippen LogP) is 2.03. The van der Waals surface area contributed by atoms with Crippen molar-refractivity contribution in [1.29, 1.82) is 0 Å². The third-order valence-corrected chi connectivity index (χ3v) is 6.80. The van der Waals surface area contributed by atoms with Gasteiger partial charge in [0, 0.05) is 6.07 Å². The monoisotopic (exact) mass is 437 g/mol. The maximum atomic E-state index is 14.4. The van der Waals surface area contributed by atoms with Gasteiger partial charge in [0.15, 0.2) is 5.01 Å². The van der Waals surface area contributed by atoms with E-state index in [2.05, 4.69) is 19.9 Å². The van der Waals surface area contributed by atoms with Gasteiger partial charge in [0.25, 0.3) is 6.43 Å². The van der Waals surface area contributed by atoms with Crippen molar-refractivity contribution in [2.45, 2.75) is 29.7 Å². The lowest BCUT2D eigenvalue weighted by Gasteiger charge is -2.14. The average molecular weight is 437 g/mol. The minimum absolute atomic E-state index is 0.0677. The fraction of sp³-hybridized carbons (Fsp3) is 0.357. The number of aromatic nitrogens is 4. The number of imidazole rings is 1. The molecule has 0 amide bonds. The Labute approximate surface area is 158 Å². The molecule has 150 valence electrons. The highest BCUT2D eigenvalue weighted by atomic mass is 32.2. The number of hydrogen-bond donors (Lipinski definition) is 2. The van der Waals surface area contributed by atoms with E-state index >= 15 is 0 Å². The number of nitrogens with one attached hydrogen (secondary N) is 2. The van der Waals surface area contributed by atoms with Crippen LogP contribution in [0.15, 0.2) is 21.8 Å². The molecular formula is C14H11F4N5O3S2. The number of benzene rings is 1.